The van der Waals surface area contributed by atoms with Crippen molar-refractivity contribution in [1.29, 1.82) is 0 Å². The van der Waals surface area contributed by atoms with Crippen LogP contribution in [-0.4, -0.2) is 36.2 Å². The molecule has 0 aromatic heterocycles. The molecule has 0 unspecified atom stereocenters. The lowest BCUT2D eigenvalue weighted by Crippen LogP contribution is -2.45. The van der Waals surface area contributed by atoms with Gasteiger partial charge >= 0.3 is 0 Å². The molecule has 1 heterocycles. The molecule has 1 aromatic rings. The number of halogens is 2. The molecular formula is C16H27Cl2N3O. The number of phenols is 1. The predicted octanol–water partition coefficient (Wildman–Crippen LogP) is 3.04. The van der Waals surface area contributed by atoms with E-state index in [0.717, 1.165) is 49.3 Å². The van der Waals surface area contributed by atoms with E-state index in [4.69, 9.17) is 5.73 Å². The molecule has 0 spiro atoms. The number of rotatable bonds is 4. The van der Waals surface area contributed by atoms with Gasteiger partial charge in [-0.3, -0.25) is 4.90 Å². The summed E-state index contributed by atoms with van der Waals surface area (Å²) in [5.74, 6) is 0.231. The smallest absolute Gasteiger partial charge is 0.143 e. The van der Waals surface area contributed by atoms with Gasteiger partial charge in [0, 0.05) is 37.8 Å². The van der Waals surface area contributed by atoms with Crippen LogP contribution in [0, 0.1) is 6.92 Å². The molecule has 0 aliphatic carbocycles. The minimum atomic E-state index is 0. The monoisotopic (exact) mass is 347 g/mol. The van der Waals surface area contributed by atoms with Crippen LogP contribution in [0.25, 0.3) is 0 Å². The quantitative estimate of drug-likeness (QED) is 0.445. The molecule has 2 rings (SSSR count). The van der Waals surface area contributed by atoms with Gasteiger partial charge in [-0.25, -0.2) is 0 Å². The van der Waals surface area contributed by atoms with Crippen molar-refractivity contribution in [2.75, 3.05) is 31.9 Å². The number of hydrogen-bond acceptors (Lipinski definition) is 4. The Morgan fingerprint density at radius 3 is 2.50 bits per heavy atom. The average molecular weight is 348 g/mol. The van der Waals surface area contributed by atoms with Crippen LogP contribution < -0.4 is 11.1 Å². The molecule has 22 heavy (non-hydrogen) atoms. The van der Waals surface area contributed by atoms with E-state index in [2.05, 4.69) is 16.8 Å². The van der Waals surface area contributed by atoms with Crippen LogP contribution in [0.15, 0.2) is 24.3 Å². The Hall–Kier alpha value is -0.940. The molecule has 1 atom stereocenters. The van der Waals surface area contributed by atoms with Crippen LogP contribution in [0.2, 0.25) is 0 Å². The molecule has 1 fully saturated rings. The van der Waals surface area contributed by atoms with Gasteiger partial charge in [-0.05, 0) is 31.9 Å². The highest BCUT2D eigenvalue weighted by atomic mass is 35.5. The van der Waals surface area contributed by atoms with E-state index in [-0.39, 0.29) is 36.6 Å². The van der Waals surface area contributed by atoms with Crippen molar-refractivity contribution in [2.45, 2.75) is 26.3 Å². The third-order valence-electron chi connectivity index (χ3n) is 3.93. The molecule has 0 radical (unpaired) electrons. The SMILES string of the molecule is C=C(C)C[C@H](c1c(C)ccc(N)c1O)N1CCNCC1.Cl.Cl. The van der Waals surface area contributed by atoms with Crippen molar-refractivity contribution in [2.24, 2.45) is 0 Å². The standard InChI is InChI=1S/C16H25N3O.2ClH/c1-11(2)10-14(19-8-6-18-7-9-19)15-12(3)4-5-13(17)16(15)20;;/h4-5,14,18,20H,1,6-10,17H2,2-3H3;2*1H/t14-;;/m1../s1. The molecule has 4 N–H and O–H groups in total. The topological polar surface area (TPSA) is 61.5 Å². The van der Waals surface area contributed by atoms with Gasteiger partial charge in [-0.2, -0.15) is 0 Å². The number of benzene rings is 1. The van der Waals surface area contributed by atoms with Crippen molar-refractivity contribution in [3.05, 3.63) is 35.4 Å². The van der Waals surface area contributed by atoms with E-state index in [9.17, 15) is 5.11 Å². The van der Waals surface area contributed by atoms with Crippen molar-refractivity contribution >= 4 is 30.5 Å². The van der Waals surface area contributed by atoms with Gasteiger partial charge in [0.15, 0.2) is 0 Å². The van der Waals surface area contributed by atoms with Crippen molar-refractivity contribution in [3.8, 4) is 5.75 Å². The number of aromatic hydroxyl groups is 1. The Morgan fingerprint density at radius 1 is 1.36 bits per heavy atom. The van der Waals surface area contributed by atoms with E-state index in [0.29, 0.717) is 5.69 Å². The molecule has 4 nitrogen and oxygen atoms in total. The fourth-order valence-electron chi connectivity index (χ4n) is 2.88. The summed E-state index contributed by atoms with van der Waals surface area (Å²) in [6.07, 6.45) is 0.845. The number of phenolic OH excluding ortho intramolecular Hbond substituents is 1. The first-order valence-electron chi connectivity index (χ1n) is 7.17. The summed E-state index contributed by atoms with van der Waals surface area (Å²) in [5, 5.41) is 13.8. The second-order valence-electron chi connectivity index (χ2n) is 5.70. The van der Waals surface area contributed by atoms with E-state index < -0.39 is 0 Å². The second kappa shape index (κ2) is 9.26. The summed E-state index contributed by atoms with van der Waals surface area (Å²) in [4.78, 5) is 2.41. The molecule has 0 saturated carbocycles. The summed E-state index contributed by atoms with van der Waals surface area (Å²) < 4.78 is 0. The number of nitrogens with one attached hydrogen (secondary N) is 1. The summed E-state index contributed by atoms with van der Waals surface area (Å²) in [6, 6.07) is 3.90. The summed E-state index contributed by atoms with van der Waals surface area (Å²) in [6.45, 7) is 12.0. The number of hydrogen-bond donors (Lipinski definition) is 3. The lowest BCUT2D eigenvalue weighted by molar-refractivity contribution is 0.169. The molecule has 1 saturated heterocycles. The molecule has 0 amide bonds. The molecule has 126 valence electrons. The van der Waals surface area contributed by atoms with Crippen LogP contribution in [0.5, 0.6) is 5.75 Å². The lowest BCUT2D eigenvalue weighted by atomic mass is 9.93. The lowest BCUT2D eigenvalue weighted by Gasteiger charge is -2.36. The molecular weight excluding hydrogens is 321 g/mol. The van der Waals surface area contributed by atoms with Gasteiger partial charge in [-0.15, -0.1) is 31.4 Å². The van der Waals surface area contributed by atoms with Gasteiger partial charge < -0.3 is 16.2 Å². The zero-order valence-corrected chi connectivity index (χ0v) is 14.9. The highest BCUT2D eigenvalue weighted by Crippen LogP contribution is 2.38. The second-order valence-corrected chi connectivity index (χ2v) is 5.70. The van der Waals surface area contributed by atoms with Crippen LogP contribution in [-0.2, 0) is 0 Å². The third kappa shape index (κ3) is 4.78. The molecule has 6 heteroatoms. The number of aryl methyl sites for hydroxylation is 1. The predicted molar refractivity (Wildman–Crippen MR) is 98.4 cm³/mol. The summed E-state index contributed by atoms with van der Waals surface area (Å²) >= 11 is 0. The van der Waals surface area contributed by atoms with Crippen LogP contribution >= 0.6 is 24.8 Å². The van der Waals surface area contributed by atoms with Crippen LogP contribution in [0.3, 0.4) is 0 Å². The fourth-order valence-corrected chi connectivity index (χ4v) is 2.88. The molecule has 0 bridgehead atoms. The minimum Gasteiger partial charge on any atom is -0.505 e. The zero-order chi connectivity index (χ0) is 14.7. The number of nitrogen functional groups attached to an aromatic ring is 1. The van der Waals surface area contributed by atoms with Gasteiger partial charge in [-0.1, -0.05) is 11.6 Å². The Kier molecular flexibility index (Phi) is 8.86. The van der Waals surface area contributed by atoms with Gasteiger partial charge in [0.25, 0.3) is 0 Å². The highest BCUT2D eigenvalue weighted by molar-refractivity contribution is 5.85. The third-order valence-corrected chi connectivity index (χ3v) is 3.93. The first kappa shape index (κ1) is 21.1. The van der Waals surface area contributed by atoms with Crippen molar-refractivity contribution in [3.63, 3.8) is 0 Å². The summed E-state index contributed by atoms with van der Waals surface area (Å²) in [7, 11) is 0. The molecule has 1 aliphatic rings. The highest BCUT2D eigenvalue weighted by Gasteiger charge is 2.26. The normalized spacial score (nSPS) is 16.3. The minimum absolute atomic E-state index is 0. The molecule has 1 aromatic carbocycles. The number of anilines is 1. The fraction of sp³-hybridized carbons (Fsp3) is 0.500. The first-order chi connectivity index (χ1) is 9.50. The van der Waals surface area contributed by atoms with Crippen molar-refractivity contribution < 1.29 is 5.11 Å². The van der Waals surface area contributed by atoms with Crippen molar-refractivity contribution in [1.82, 2.24) is 10.2 Å². The van der Waals surface area contributed by atoms with Gasteiger partial charge in [0.1, 0.15) is 5.75 Å². The largest absolute Gasteiger partial charge is 0.505 e. The Bertz CT molecular complexity index is 502. The molecule has 1 aliphatic heterocycles. The maximum atomic E-state index is 10.4. The van der Waals surface area contributed by atoms with Gasteiger partial charge in [0.05, 0.1) is 5.69 Å². The Balaban J connectivity index is 0.00000220. The first-order valence-corrected chi connectivity index (χ1v) is 7.17. The van der Waals surface area contributed by atoms with E-state index in [1.807, 2.05) is 19.9 Å². The zero-order valence-electron chi connectivity index (χ0n) is 13.3. The number of piperazine rings is 1. The van der Waals surface area contributed by atoms with Gasteiger partial charge in [0.2, 0.25) is 0 Å². The van der Waals surface area contributed by atoms with E-state index in [1.165, 1.54) is 0 Å². The van der Waals surface area contributed by atoms with Crippen LogP contribution in [0.4, 0.5) is 5.69 Å². The number of nitrogens with two attached hydrogens (primary N) is 1. The maximum absolute atomic E-state index is 10.4. The van der Waals surface area contributed by atoms with E-state index >= 15 is 0 Å². The Morgan fingerprint density at radius 2 is 1.95 bits per heavy atom. The van der Waals surface area contributed by atoms with Crippen LogP contribution in [0.1, 0.15) is 30.5 Å². The maximum Gasteiger partial charge on any atom is 0.143 e. The van der Waals surface area contributed by atoms with E-state index in [1.54, 1.807) is 6.07 Å². The Labute approximate surface area is 145 Å². The average Bonchev–Trinajstić information content (AvgIpc) is 2.43. The number of nitrogens with zero attached hydrogens (tertiary/aromatic N) is 1. The summed E-state index contributed by atoms with van der Waals surface area (Å²) in [5.41, 5.74) is 9.49.